The predicted octanol–water partition coefficient (Wildman–Crippen LogP) is 2.18. The third-order valence-corrected chi connectivity index (χ3v) is 7.18. The first-order valence-corrected chi connectivity index (χ1v) is 9.02. The first-order chi connectivity index (χ1) is 10.3. The van der Waals surface area contributed by atoms with Crippen LogP contribution in [0, 0.1) is 25.2 Å². The van der Waals surface area contributed by atoms with Crippen LogP contribution in [0.15, 0.2) is 23.1 Å². The van der Waals surface area contributed by atoms with Crippen molar-refractivity contribution < 1.29 is 18.3 Å². The van der Waals surface area contributed by atoms with Crippen molar-refractivity contribution in [2.45, 2.75) is 38.0 Å². The maximum Gasteiger partial charge on any atom is 0.311 e. The molecule has 0 amide bonds. The van der Waals surface area contributed by atoms with Gasteiger partial charge in [0, 0.05) is 13.1 Å². The van der Waals surface area contributed by atoms with E-state index in [0.717, 1.165) is 18.4 Å². The molecule has 1 saturated heterocycles. The summed E-state index contributed by atoms with van der Waals surface area (Å²) in [6.07, 6.45) is 2.24. The lowest BCUT2D eigenvalue weighted by molar-refractivity contribution is -0.149. The summed E-state index contributed by atoms with van der Waals surface area (Å²) < 4.78 is 27.3. The van der Waals surface area contributed by atoms with Gasteiger partial charge in [-0.2, -0.15) is 4.31 Å². The number of sulfonamides is 1. The van der Waals surface area contributed by atoms with Gasteiger partial charge in [-0.05, 0) is 49.8 Å². The topological polar surface area (TPSA) is 74.7 Å². The quantitative estimate of drug-likeness (QED) is 0.925. The van der Waals surface area contributed by atoms with Crippen LogP contribution in [0.3, 0.4) is 0 Å². The van der Waals surface area contributed by atoms with Crippen molar-refractivity contribution in [2.75, 3.05) is 13.1 Å². The van der Waals surface area contributed by atoms with Crippen LogP contribution in [0.4, 0.5) is 0 Å². The molecule has 120 valence electrons. The molecule has 2 atom stereocenters. The number of carbonyl (C=O) groups is 1. The third kappa shape index (κ3) is 2.16. The van der Waals surface area contributed by atoms with Gasteiger partial charge in [0.25, 0.3) is 0 Å². The minimum atomic E-state index is -3.64. The van der Waals surface area contributed by atoms with Crippen LogP contribution in [0.2, 0.25) is 0 Å². The molecule has 6 heteroatoms. The number of aryl methyl sites for hydroxylation is 2. The van der Waals surface area contributed by atoms with E-state index >= 15 is 0 Å². The predicted molar refractivity (Wildman–Crippen MR) is 82.1 cm³/mol. The molecule has 0 radical (unpaired) electrons. The first-order valence-electron chi connectivity index (χ1n) is 7.58. The zero-order valence-electron chi connectivity index (χ0n) is 12.9. The summed E-state index contributed by atoms with van der Waals surface area (Å²) in [5.74, 6) is -0.918. The Morgan fingerprint density at radius 1 is 1.36 bits per heavy atom. The number of carboxylic acid groups (broad SMARTS) is 1. The number of hydrogen-bond acceptors (Lipinski definition) is 3. The number of carboxylic acids is 1. The van der Waals surface area contributed by atoms with Crippen LogP contribution in [0.1, 0.15) is 30.4 Å². The van der Waals surface area contributed by atoms with E-state index in [0.29, 0.717) is 23.4 Å². The molecule has 1 aromatic rings. The fourth-order valence-corrected chi connectivity index (χ4v) is 5.76. The van der Waals surface area contributed by atoms with E-state index in [-0.39, 0.29) is 12.5 Å². The molecule has 0 bridgehead atoms. The molecule has 1 saturated carbocycles. The molecule has 1 heterocycles. The highest BCUT2D eigenvalue weighted by molar-refractivity contribution is 7.89. The van der Waals surface area contributed by atoms with Gasteiger partial charge in [-0.25, -0.2) is 8.42 Å². The maximum absolute atomic E-state index is 12.9. The normalized spacial score (nSPS) is 28.7. The van der Waals surface area contributed by atoms with Gasteiger partial charge in [-0.3, -0.25) is 4.79 Å². The van der Waals surface area contributed by atoms with E-state index in [2.05, 4.69) is 0 Å². The van der Waals surface area contributed by atoms with E-state index in [1.807, 2.05) is 13.0 Å². The summed E-state index contributed by atoms with van der Waals surface area (Å²) in [6, 6.07) is 5.35. The third-order valence-electron chi connectivity index (χ3n) is 5.23. The summed E-state index contributed by atoms with van der Waals surface area (Å²) in [5, 5.41) is 9.61. The Kier molecular flexibility index (Phi) is 3.57. The Hall–Kier alpha value is -1.40. The Morgan fingerprint density at radius 2 is 2.09 bits per heavy atom. The summed E-state index contributed by atoms with van der Waals surface area (Å²) >= 11 is 0. The molecule has 22 heavy (non-hydrogen) atoms. The molecule has 1 N–H and O–H groups in total. The smallest absolute Gasteiger partial charge is 0.311 e. The fourth-order valence-electron chi connectivity index (χ4n) is 3.90. The lowest BCUT2D eigenvalue weighted by atomic mass is 9.81. The number of aliphatic carboxylic acids is 1. The van der Waals surface area contributed by atoms with Gasteiger partial charge < -0.3 is 5.11 Å². The average Bonchev–Trinajstić information content (AvgIpc) is 2.99. The van der Waals surface area contributed by atoms with Crippen molar-refractivity contribution in [1.29, 1.82) is 0 Å². The molecule has 1 aromatic carbocycles. The molecule has 0 aromatic heterocycles. The number of hydrogen-bond donors (Lipinski definition) is 1. The largest absolute Gasteiger partial charge is 0.481 e. The molecule has 3 rings (SSSR count). The average molecular weight is 323 g/mol. The second-order valence-electron chi connectivity index (χ2n) is 6.62. The number of benzene rings is 1. The monoisotopic (exact) mass is 323 g/mol. The molecular weight excluding hydrogens is 302 g/mol. The van der Waals surface area contributed by atoms with Gasteiger partial charge in [-0.1, -0.05) is 18.6 Å². The van der Waals surface area contributed by atoms with Crippen LogP contribution in [-0.4, -0.2) is 36.9 Å². The number of nitrogens with zero attached hydrogens (tertiary/aromatic N) is 1. The molecule has 0 unspecified atom stereocenters. The summed E-state index contributed by atoms with van der Waals surface area (Å²) in [4.78, 5) is 12.0. The zero-order valence-corrected chi connectivity index (χ0v) is 13.7. The van der Waals surface area contributed by atoms with E-state index in [4.69, 9.17) is 0 Å². The van der Waals surface area contributed by atoms with Crippen LogP contribution < -0.4 is 0 Å². The highest BCUT2D eigenvalue weighted by Gasteiger charge is 2.57. The van der Waals surface area contributed by atoms with Crippen LogP contribution >= 0.6 is 0 Å². The van der Waals surface area contributed by atoms with Gasteiger partial charge in [0.05, 0.1) is 10.3 Å². The lowest BCUT2D eigenvalue weighted by Gasteiger charge is -2.23. The molecule has 1 aliphatic heterocycles. The van der Waals surface area contributed by atoms with Gasteiger partial charge >= 0.3 is 5.97 Å². The standard InChI is InChI=1S/C16H21NO4S/c1-11-5-6-12(2)14(8-11)22(20,21)17-9-13-4-3-7-16(13,10-17)15(18)19/h5-6,8,13H,3-4,7,9-10H2,1-2H3,(H,18,19)/t13-,16+/m0/s1. The molecular formula is C16H21NO4S. The summed E-state index contributed by atoms with van der Waals surface area (Å²) in [6.45, 7) is 4.05. The maximum atomic E-state index is 12.9. The highest BCUT2D eigenvalue weighted by Crippen LogP contribution is 2.50. The SMILES string of the molecule is Cc1ccc(C)c(S(=O)(=O)N2C[C@@H]3CCC[C@@]3(C(=O)O)C2)c1. The minimum Gasteiger partial charge on any atom is -0.481 e. The van der Waals surface area contributed by atoms with Crippen molar-refractivity contribution in [2.24, 2.45) is 11.3 Å². The number of rotatable bonds is 3. The molecule has 0 spiro atoms. The Bertz CT molecular complexity index is 728. The molecule has 2 aliphatic rings. The molecule has 5 nitrogen and oxygen atoms in total. The molecule has 2 fully saturated rings. The van der Waals surface area contributed by atoms with Crippen molar-refractivity contribution in [3.8, 4) is 0 Å². The van der Waals surface area contributed by atoms with Gasteiger partial charge in [-0.15, -0.1) is 0 Å². The summed E-state index contributed by atoms with van der Waals surface area (Å²) in [5.41, 5.74) is 0.702. The van der Waals surface area contributed by atoms with Gasteiger partial charge in [0.15, 0.2) is 0 Å². The van der Waals surface area contributed by atoms with Crippen LogP contribution in [0.25, 0.3) is 0 Å². The van der Waals surface area contributed by atoms with E-state index in [1.165, 1.54) is 4.31 Å². The second kappa shape index (κ2) is 5.06. The Morgan fingerprint density at radius 3 is 2.73 bits per heavy atom. The second-order valence-corrected chi connectivity index (χ2v) is 8.52. The van der Waals surface area contributed by atoms with Crippen molar-refractivity contribution >= 4 is 16.0 Å². The van der Waals surface area contributed by atoms with Crippen molar-refractivity contribution in [3.63, 3.8) is 0 Å². The van der Waals surface area contributed by atoms with Crippen LogP contribution in [0.5, 0.6) is 0 Å². The van der Waals surface area contributed by atoms with Crippen LogP contribution in [-0.2, 0) is 14.8 Å². The van der Waals surface area contributed by atoms with Crippen molar-refractivity contribution in [1.82, 2.24) is 4.31 Å². The summed E-state index contributed by atoms with van der Waals surface area (Å²) in [7, 11) is -3.64. The van der Waals surface area contributed by atoms with Gasteiger partial charge in [0.1, 0.15) is 0 Å². The van der Waals surface area contributed by atoms with E-state index in [1.54, 1.807) is 19.1 Å². The van der Waals surface area contributed by atoms with E-state index < -0.39 is 21.4 Å². The van der Waals surface area contributed by atoms with Gasteiger partial charge in [0.2, 0.25) is 10.0 Å². The highest BCUT2D eigenvalue weighted by atomic mass is 32.2. The van der Waals surface area contributed by atoms with Crippen molar-refractivity contribution in [3.05, 3.63) is 29.3 Å². The molecule has 1 aliphatic carbocycles. The minimum absolute atomic E-state index is 0.0649. The first kappa shape index (κ1) is 15.5. The Labute approximate surface area is 131 Å². The Balaban J connectivity index is 1.98. The zero-order chi connectivity index (χ0) is 16.1. The lowest BCUT2D eigenvalue weighted by Crippen LogP contribution is -2.37. The van der Waals surface area contributed by atoms with E-state index in [9.17, 15) is 18.3 Å². The fraction of sp³-hybridized carbons (Fsp3) is 0.562. The number of fused-ring (bicyclic) bond motifs is 1.